The number of aryl methyl sites for hydroxylation is 1. The fraction of sp³-hybridized carbons (Fsp3) is 0.300. The third-order valence-corrected chi connectivity index (χ3v) is 2.72. The van der Waals surface area contributed by atoms with E-state index in [4.69, 9.17) is 0 Å². The van der Waals surface area contributed by atoms with Crippen molar-refractivity contribution in [2.24, 2.45) is 0 Å². The molecular formula is C10H12IN5O. The zero-order chi connectivity index (χ0) is 12.1. The molecule has 90 valence electrons. The minimum Gasteiger partial charge on any atom is -0.311 e. The molecule has 2 rings (SSSR count). The van der Waals surface area contributed by atoms with Gasteiger partial charge in [-0.05, 0) is 29.0 Å². The summed E-state index contributed by atoms with van der Waals surface area (Å²) in [4.78, 5) is 11.5. The first-order valence-corrected chi connectivity index (χ1v) is 6.29. The Morgan fingerprint density at radius 1 is 1.59 bits per heavy atom. The Labute approximate surface area is 112 Å². The van der Waals surface area contributed by atoms with Crippen molar-refractivity contribution in [3.63, 3.8) is 0 Å². The molecule has 0 radical (unpaired) electrons. The number of halogens is 1. The van der Waals surface area contributed by atoms with E-state index in [2.05, 4.69) is 43.2 Å². The van der Waals surface area contributed by atoms with Crippen LogP contribution in [0.1, 0.15) is 12.8 Å². The van der Waals surface area contributed by atoms with Crippen LogP contribution in [-0.2, 0) is 11.3 Å². The topological polar surface area (TPSA) is 75.6 Å². The number of hydrogen-bond donors (Lipinski definition) is 2. The number of rotatable bonds is 5. The second-order valence-corrected chi connectivity index (χ2v) is 4.79. The molecule has 0 aliphatic heterocycles. The summed E-state index contributed by atoms with van der Waals surface area (Å²) in [6, 6.07) is 1.72. The molecule has 0 aromatic carbocycles. The fourth-order valence-electron chi connectivity index (χ4n) is 1.40. The summed E-state index contributed by atoms with van der Waals surface area (Å²) in [5.74, 6) is 0.611. The van der Waals surface area contributed by atoms with Gasteiger partial charge in [-0.3, -0.25) is 14.6 Å². The van der Waals surface area contributed by atoms with Crippen molar-refractivity contribution in [1.82, 2.24) is 20.0 Å². The van der Waals surface area contributed by atoms with Crippen molar-refractivity contribution >= 4 is 34.3 Å². The van der Waals surface area contributed by atoms with Gasteiger partial charge in [-0.25, -0.2) is 0 Å². The summed E-state index contributed by atoms with van der Waals surface area (Å²) < 4.78 is 2.94. The predicted octanol–water partition coefficient (Wildman–Crippen LogP) is 1.63. The Bertz CT molecular complexity index is 479. The monoisotopic (exact) mass is 345 g/mol. The van der Waals surface area contributed by atoms with Gasteiger partial charge in [0.25, 0.3) is 0 Å². The van der Waals surface area contributed by atoms with E-state index in [0.717, 1.165) is 16.5 Å². The van der Waals surface area contributed by atoms with E-state index in [1.165, 1.54) is 0 Å². The van der Waals surface area contributed by atoms with Crippen molar-refractivity contribution in [3.05, 3.63) is 28.2 Å². The summed E-state index contributed by atoms with van der Waals surface area (Å²) in [7, 11) is 0. The Balaban J connectivity index is 1.70. The third-order valence-electron chi connectivity index (χ3n) is 2.17. The molecule has 0 aliphatic rings. The standard InChI is InChI=1S/C10H12IN5O/c11-8-6-13-16(7-8)5-1-2-10(17)14-9-3-4-12-15-9/h3-4,6-7H,1-2,5H2,(H2,12,14,15,17). The summed E-state index contributed by atoms with van der Waals surface area (Å²) in [5, 5.41) is 13.3. The van der Waals surface area contributed by atoms with E-state index >= 15 is 0 Å². The number of nitrogens with zero attached hydrogens (tertiary/aromatic N) is 3. The van der Waals surface area contributed by atoms with E-state index in [1.54, 1.807) is 18.5 Å². The SMILES string of the molecule is O=C(CCCn1cc(I)cn1)Nc1ccn[nH]1. The van der Waals surface area contributed by atoms with Gasteiger partial charge in [-0.1, -0.05) is 0 Å². The van der Waals surface area contributed by atoms with Crippen LogP contribution >= 0.6 is 22.6 Å². The molecule has 6 nitrogen and oxygen atoms in total. The van der Waals surface area contributed by atoms with E-state index in [-0.39, 0.29) is 5.91 Å². The molecule has 0 atom stereocenters. The number of hydrogen-bond acceptors (Lipinski definition) is 3. The van der Waals surface area contributed by atoms with Crippen molar-refractivity contribution in [2.45, 2.75) is 19.4 Å². The van der Waals surface area contributed by atoms with Gasteiger partial charge >= 0.3 is 0 Å². The number of carbonyl (C=O) groups excluding carboxylic acids is 1. The smallest absolute Gasteiger partial charge is 0.225 e. The summed E-state index contributed by atoms with van der Waals surface area (Å²) in [6.45, 7) is 0.749. The second-order valence-electron chi connectivity index (χ2n) is 3.54. The highest BCUT2D eigenvalue weighted by Crippen LogP contribution is 2.04. The summed E-state index contributed by atoms with van der Waals surface area (Å²) in [5.41, 5.74) is 0. The van der Waals surface area contributed by atoms with Gasteiger partial charge in [-0.2, -0.15) is 10.2 Å². The number of aromatic nitrogens is 4. The lowest BCUT2D eigenvalue weighted by atomic mass is 10.3. The molecule has 2 aromatic rings. The van der Waals surface area contributed by atoms with Gasteiger partial charge in [0.15, 0.2) is 0 Å². The predicted molar refractivity (Wildman–Crippen MR) is 71.4 cm³/mol. The highest BCUT2D eigenvalue weighted by molar-refractivity contribution is 14.1. The average Bonchev–Trinajstić information content (AvgIpc) is 2.90. The molecule has 2 heterocycles. The Hall–Kier alpha value is -1.38. The van der Waals surface area contributed by atoms with Crippen molar-refractivity contribution in [1.29, 1.82) is 0 Å². The molecule has 17 heavy (non-hydrogen) atoms. The van der Waals surface area contributed by atoms with E-state index in [9.17, 15) is 4.79 Å². The van der Waals surface area contributed by atoms with Crippen LogP contribution < -0.4 is 5.32 Å². The molecule has 0 spiro atoms. The first-order valence-electron chi connectivity index (χ1n) is 5.21. The minimum atomic E-state index is -0.0175. The lowest BCUT2D eigenvalue weighted by molar-refractivity contribution is -0.116. The molecule has 0 saturated carbocycles. The van der Waals surface area contributed by atoms with Gasteiger partial charge in [0.1, 0.15) is 5.82 Å². The van der Waals surface area contributed by atoms with Crippen molar-refractivity contribution in [2.75, 3.05) is 5.32 Å². The van der Waals surface area contributed by atoms with Crippen molar-refractivity contribution in [3.8, 4) is 0 Å². The van der Waals surface area contributed by atoms with Gasteiger partial charge in [0, 0.05) is 25.2 Å². The molecule has 0 aliphatic carbocycles. The highest BCUT2D eigenvalue weighted by Gasteiger charge is 2.03. The maximum Gasteiger partial charge on any atom is 0.225 e. The average molecular weight is 345 g/mol. The molecule has 0 saturated heterocycles. The van der Waals surface area contributed by atoms with Crippen LogP contribution in [0.4, 0.5) is 5.82 Å². The first-order chi connectivity index (χ1) is 8.24. The minimum absolute atomic E-state index is 0.0175. The van der Waals surface area contributed by atoms with E-state index in [0.29, 0.717) is 12.2 Å². The van der Waals surface area contributed by atoms with Crippen LogP contribution in [0.2, 0.25) is 0 Å². The molecule has 1 amide bonds. The molecule has 2 N–H and O–H groups in total. The number of nitrogens with one attached hydrogen (secondary N) is 2. The van der Waals surface area contributed by atoms with E-state index < -0.39 is 0 Å². The molecule has 2 aromatic heterocycles. The lowest BCUT2D eigenvalue weighted by Crippen LogP contribution is -2.12. The normalized spacial score (nSPS) is 10.4. The Morgan fingerprint density at radius 2 is 2.47 bits per heavy atom. The van der Waals surface area contributed by atoms with Crippen LogP contribution in [-0.4, -0.2) is 25.9 Å². The summed E-state index contributed by atoms with van der Waals surface area (Å²) >= 11 is 2.21. The fourth-order valence-corrected chi connectivity index (χ4v) is 1.85. The van der Waals surface area contributed by atoms with Crippen LogP contribution in [0.25, 0.3) is 0 Å². The maximum atomic E-state index is 11.5. The molecule has 0 unspecified atom stereocenters. The molecule has 0 bridgehead atoms. The maximum absolute atomic E-state index is 11.5. The quantitative estimate of drug-likeness (QED) is 0.809. The van der Waals surface area contributed by atoms with Crippen LogP contribution in [0.15, 0.2) is 24.7 Å². The van der Waals surface area contributed by atoms with Crippen LogP contribution in [0.5, 0.6) is 0 Å². The van der Waals surface area contributed by atoms with Gasteiger partial charge in [0.05, 0.1) is 16.0 Å². The molecule has 7 heteroatoms. The first kappa shape index (κ1) is 12.1. The third kappa shape index (κ3) is 3.84. The zero-order valence-corrected chi connectivity index (χ0v) is 11.2. The van der Waals surface area contributed by atoms with Crippen molar-refractivity contribution < 1.29 is 4.79 Å². The Morgan fingerprint density at radius 3 is 3.12 bits per heavy atom. The lowest BCUT2D eigenvalue weighted by Gasteiger charge is -2.02. The number of H-pyrrole nitrogens is 1. The van der Waals surface area contributed by atoms with Crippen LogP contribution in [0.3, 0.4) is 0 Å². The second kappa shape index (κ2) is 5.80. The van der Waals surface area contributed by atoms with E-state index in [1.807, 2.05) is 10.9 Å². The van der Waals surface area contributed by atoms with Crippen LogP contribution in [0, 0.1) is 3.57 Å². The number of aromatic amines is 1. The molecule has 0 fully saturated rings. The largest absolute Gasteiger partial charge is 0.311 e. The highest BCUT2D eigenvalue weighted by atomic mass is 127. The zero-order valence-electron chi connectivity index (χ0n) is 9.06. The number of carbonyl (C=O) groups is 1. The summed E-state index contributed by atoms with van der Waals surface area (Å²) in [6.07, 6.45) is 6.58. The number of amides is 1. The van der Waals surface area contributed by atoms with Gasteiger partial charge in [-0.15, -0.1) is 0 Å². The Kier molecular flexibility index (Phi) is 4.13. The van der Waals surface area contributed by atoms with Gasteiger partial charge in [0.2, 0.25) is 5.91 Å². The number of anilines is 1. The molecular weight excluding hydrogens is 333 g/mol. The van der Waals surface area contributed by atoms with Gasteiger partial charge < -0.3 is 5.32 Å².